The van der Waals surface area contributed by atoms with E-state index in [-0.39, 0.29) is 0 Å². The van der Waals surface area contributed by atoms with E-state index >= 15 is 0 Å². The van der Waals surface area contributed by atoms with Crippen molar-refractivity contribution in [3.63, 3.8) is 0 Å². The molecule has 1 aliphatic rings. The highest BCUT2D eigenvalue weighted by Gasteiger charge is 2.18. The van der Waals surface area contributed by atoms with E-state index < -0.39 is 0 Å². The van der Waals surface area contributed by atoms with Gasteiger partial charge in [0.1, 0.15) is 0 Å². The van der Waals surface area contributed by atoms with Crippen LogP contribution in [0.25, 0.3) is 0 Å². The van der Waals surface area contributed by atoms with Crippen LogP contribution in [-0.2, 0) is 0 Å². The molecular formula is C10H15N3O. The second kappa shape index (κ2) is 3.82. The minimum absolute atomic E-state index is 0.557. The molecule has 0 radical (unpaired) electrons. The Kier molecular flexibility index (Phi) is 2.52. The molecule has 0 bridgehead atoms. The van der Waals surface area contributed by atoms with Gasteiger partial charge in [-0.25, -0.2) is 4.98 Å². The van der Waals surface area contributed by atoms with Crippen LogP contribution in [0.2, 0.25) is 0 Å². The largest absolute Gasteiger partial charge is 0.481 e. The van der Waals surface area contributed by atoms with Crippen molar-refractivity contribution in [1.82, 2.24) is 9.97 Å². The summed E-state index contributed by atoms with van der Waals surface area (Å²) < 4.78 is 5.08. The maximum Gasteiger partial charge on any atom is 0.226 e. The molecule has 76 valence electrons. The molecule has 1 aliphatic carbocycles. The summed E-state index contributed by atoms with van der Waals surface area (Å²) in [5.74, 6) is 1.31. The Morgan fingerprint density at radius 3 is 2.79 bits per heavy atom. The number of anilines is 1. The summed E-state index contributed by atoms with van der Waals surface area (Å²) in [5, 5.41) is 3.29. The lowest BCUT2D eigenvalue weighted by molar-refractivity contribution is 0.395. The molecule has 1 fully saturated rings. The lowest BCUT2D eigenvalue weighted by Gasteiger charge is -2.26. The van der Waals surface area contributed by atoms with Crippen LogP contribution in [0.4, 0.5) is 5.95 Å². The average Bonchev–Trinajstić information content (AvgIpc) is 2.10. The van der Waals surface area contributed by atoms with Gasteiger partial charge in [0.25, 0.3) is 0 Å². The molecule has 0 aliphatic heterocycles. The van der Waals surface area contributed by atoms with Crippen molar-refractivity contribution in [2.24, 2.45) is 0 Å². The Bertz CT molecular complexity index is 323. The maximum absolute atomic E-state index is 5.08. The van der Waals surface area contributed by atoms with Crippen molar-refractivity contribution in [2.75, 3.05) is 12.4 Å². The third-order valence-corrected chi connectivity index (χ3v) is 2.48. The molecule has 4 heteroatoms. The zero-order valence-electron chi connectivity index (χ0n) is 8.58. The summed E-state index contributed by atoms with van der Waals surface area (Å²) in [7, 11) is 1.62. The van der Waals surface area contributed by atoms with E-state index in [2.05, 4.69) is 15.3 Å². The highest BCUT2D eigenvalue weighted by molar-refractivity contribution is 5.32. The van der Waals surface area contributed by atoms with Gasteiger partial charge in [0, 0.05) is 17.8 Å². The first kappa shape index (κ1) is 9.24. The summed E-state index contributed by atoms with van der Waals surface area (Å²) in [6.45, 7) is 1.94. The Hall–Kier alpha value is -1.32. The predicted molar refractivity (Wildman–Crippen MR) is 54.6 cm³/mol. The summed E-state index contributed by atoms with van der Waals surface area (Å²) in [6, 6.07) is 2.38. The number of methoxy groups -OCH3 is 1. The standard InChI is InChI=1S/C10H15N3O/c1-7-6-9(14-2)13-10(11-7)12-8-4-3-5-8/h6,8H,3-5H2,1-2H3,(H,11,12,13). The fourth-order valence-electron chi connectivity index (χ4n) is 1.44. The molecular weight excluding hydrogens is 178 g/mol. The second-order valence-corrected chi connectivity index (χ2v) is 3.65. The number of aryl methyl sites for hydroxylation is 1. The Labute approximate surface area is 83.7 Å². The van der Waals surface area contributed by atoms with Gasteiger partial charge in [0.15, 0.2) is 0 Å². The molecule has 14 heavy (non-hydrogen) atoms. The van der Waals surface area contributed by atoms with E-state index in [9.17, 15) is 0 Å². The van der Waals surface area contributed by atoms with E-state index in [1.807, 2.05) is 13.0 Å². The predicted octanol–water partition coefficient (Wildman–Crippen LogP) is 1.76. The highest BCUT2D eigenvalue weighted by atomic mass is 16.5. The zero-order chi connectivity index (χ0) is 9.97. The number of hydrogen-bond acceptors (Lipinski definition) is 4. The monoisotopic (exact) mass is 193 g/mol. The quantitative estimate of drug-likeness (QED) is 0.794. The van der Waals surface area contributed by atoms with Crippen molar-refractivity contribution in [3.8, 4) is 5.88 Å². The first-order valence-corrected chi connectivity index (χ1v) is 4.94. The molecule has 4 nitrogen and oxygen atoms in total. The van der Waals surface area contributed by atoms with Gasteiger partial charge in [-0.05, 0) is 26.2 Å². The summed E-state index contributed by atoms with van der Waals surface area (Å²) in [5.41, 5.74) is 0.929. The first-order valence-electron chi connectivity index (χ1n) is 4.94. The number of ether oxygens (including phenoxy) is 1. The van der Waals surface area contributed by atoms with Crippen LogP contribution in [0, 0.1) is 6.92 Å². The minimum atomic E-state index is 0.557. The van der Waals surface area contributed by atoms with Crippen molar-refractivity contribution < 1.29 is 4.74 Å². The van der Waals surface area contributed by atoms with Crippen LogP contribution in [0.3, 0.4) is 0 Å². The van der Waals surface area contributed by atoms with Gasteiger partial charge < -0.3 is 10.1 Å². The molecule has 0 unspecified atom stereocenters. The average molecular weight is 193 g/mol. The van der Waals surface area contributed by atoms with Gasteiger partial charge in [0.05, 0.1) is 7.11 Å². The Balaban J connectivity index is 2.11. The second-order valence-electron chi connectivity index (χ2n) is 3.65. The van der Waals surface area contributed by atoms with E-state index in [1.165, 1.54) is 19.3 Å². The number of nitrogens with zero attached hydrogens (tertiary/aromatic N) is 2. The maximum atomic E-state index is 5.08. The summed E-state index contributed by atoms with van der Waals surface area (Å²) in [6.07, 6.45) is 3.75. The topological polar surface area (TPSA) is 47.0 Å². The lowest BCUT2D eigenvalue weighted by atomic mass is 9.93. The molecule has 0 spiro atoms. The molecule has 1 heterocycles. The molecule has 1 aromatic heterocycles. The van der Waals surface area contributed by atoms with E-state index in [4.69, 9.17) is 4.74 Å². The summed E-state index contributed by atoms with van der Waals surface area (Å²) >= 11 is 0. The molecule has 0 aromatic carbocycles. The van der Waals surface area contributed by atoms with Crippen LogP contribution >= 0.6 is 0 Å². The van der Waals surface area contributed by atoms with Crippen molar-refractivity contribution in [3.05, 3.63) is 11.8 Å². The van der Waals surface area contributed by atoms with Gasteiger partial charge in [-0.2, -0.15) is 4.98 Å². The lowest BCUT2D eigenvalue weighted by Crippen LogP contribution is -2.28. The van der Waals surface area contributed by atoms with E-state index in [0.29, 0.717) is 17.9 Å². The third-order valence-electron chi connectivity index (χ3n) is 2.48. The smallest absolute Gasteiger partial charge is 0.226 e. The molecule has 0 amide bonds. The van der Waals surface area contributed by atoms with Gasteiger partial charge >= 0.3 is 0 Å². The molecule has 2 rings (SSSR count). The fourth-order valence-corrected chi connectivity index (χ4v) is 1.44. The van der Waals surface area contributed by atoms with Crippen LogP contribution in [0.15, 0.2) is 6.07 Å². The van der Waals surface area contributed by atoms with Crippen LogP contribution in [-0.4, -0.2) is 23.1 Å². The SMILES string of the molecule is COc1cc(C)nc(NC2CCC2)n1. The number of aromatic nitrogens is 2. The normalized spacial score (nSPS) is 16.1. The Morgan fingerprint density at radius 2 is 2.21 bits per heavy atom. The number of rotatable bonds is 3. The van der Waals surface area contributed by atoms with Gasteiger partial charge in [-0.15, -0.1) is 0 Å². The first-order chi connectivity index (χ1) is 6.78. The fraction of sp³-hybridized carbons (Fsp3) is 0.600. The summed E-state index contributed by atoms with van der Waals surface area (Å²) in [4.78, 5) is 8.53. The highest BCUT2D eigenvalue weighted by Crippen LogP contribution is 2.22. The molecule has 1 saturated carbocycles. The third kappa shape index (κ3) is 1.95. The molecule has 1 aromatic rings. The van der Waals surface area contributed by atoms with Crippen LogP contribution < -0.4 is 10.1 Å². The van der Waals surface area contributed by atoms with Gasteiger partial charge in [-0.3, -0.25) is 0 Å². The number of nitrogens with one attached hydrogen (secondary N) is 1. The minimum Gasteiger partial charge on any atom is -0.481 e. The molecule has 0 atom stereocenters. The van der Waals surface area contributed by atoms with E-state index in [1.54, 1.807) is 7.11 Å². The van der Waals surface area contributed by atoms with Crippen LogP contribution in [0.1, 0.15) is 25.0 Å². The number of hydrogen-bond donors (Lipinski definition) is 1. The van der Waals surface area contributed by atoms with Gasteiger partial charge in [0.2, 0.25) is 11.8 Å². The molecule has 0 saturated heterocycles. The van der Waals surface area contributed by atoms with Crippen molar-refractivity contribution >= 4 is 5.95 Å². The zero-order valence-corrected chi connectivity index (χ0v) is 8.58. The Morgan fingerprint density at radius 1 is 1.43 bits per heavy atom. The van der Waals surface area contributed by atoms with Crippen LogP contribution in [0.5, 0.6) is 5.88 Å². The van der Waals surface area contributed by atoms with Gasteiger partial charge in [-0.1, -0.05) is 0 Å². The van der Waals surface area contributed by atoms with Crippen molar-refractivity contribution in [2.45, 2.75) is 32.2 Å². The van der Waals surface area contributed by atoms with E-state index in [0.717, 1.165) is 5.69 Å². The molecule has 1 N–H and O–H groups in total. The van der Waals surface area contributed by atoms with Crippen molar-refractivity contribution in [1.29, 1.82) is 0 Å².